The van der Waals surface area contributed by atoms with Gasteiger partial charge in [-0.25, -0.2) is 0 Å². The van der Waals surface area contributed by atoms with E-state index in [9.17, 15) is 24.9 Å². The standard InChI is InChI=1S/C21H25NO5.CH3/c1-22(11-12-2-3-12)9-8-20-17-13(4-5-14(23)18(17)25)10-16(22)21(20,27)7-6-15(24)19(20)26;/h4-5,10,12,16,19,26-27H,2-3,6-9,11H2,1H3;1H3/q;-1/p+1/t16-,19?,20+,21-,22?;/m1./s1. The lowest BCUT2D eigenvalue weighted by Gasteiger charge is -2.65. The first-order chi connectivity index (χ1) is 12.7. The first-order valence-electron chi connectivity index (χ1n) is 9.89. The smallest absolute Gasteiger partial charge is 0.220 e. The first-order valence-corrected chi connectivity index (χ1v) is 9.89. The zero-order chi connectivity index (χ0) is 19.2. The van der Waals surface area contributed by atoms with Crippen molar-refractivity contribution >= 4 is 11.6 Å². The van der Waals surface area contributed by atoms with Gasteiger partial charge in [0, 0.05) is 24.3 Å². The van der Waals surface area contributed by atoms with Crippen LogP contribution in [0.5, 0.6) is 0 Å². The number of nitrogens with zero attached hydrogens (tertiary/aromatic N) is 1. The minimum Gasteiger partial charge on any atom is -0.504 e. The van der Waals surface area contributed by atoms with Crippen LogP contribution in [0.1, 0.15) is 32.1 Å². The second-order valence-electron chi connectivity index (χ2n) is 9.33. The van der Waals surface area contributed by atoms with Gasteiger partial charge in [-0.3, -0.25) is 9.59 Å². The molecular formula is C22H29NO5. The van der Waals surface area contributed by atoms with Crippen LogP contribution in [0, 0.1) is 18.8 Å². The van der Waals surface area contributed by atoms with Crippen LogP contribution in [-0.4, -0.2) is 69.3 Å². The molecule has 3 N–H and O–H groups in total. The third-order valence-electron chi connectivity index (χ3n) is 7.80. The first kappa shape index (κ1) is 19.6. The molecule has 1 saturated heterocycles. The van der Waals surface area contributed by atoms with Crippen LogP contribution in [0.2, 0.25) is 0 Å². The molecule has 1 aliphatic heterocycles. The second kappa shape index (κ2) is 5.88. The summed E-state index contributed by atoms with van der Waals surface area (Å²) in [6, 6.07) is -0.279. The van der Waals surface area contributed by atoms with E-state index in [0.717, 1.165) is 6.54 Å². The highest BCUT2D eigenvalue weighted by atomic mass is 16.3. The van der Waals surface area contributed by atoms with Gasteiger partial charge in [0.1, 0.15) is 17.7 Å². The predicted octanol–water partition coefficient (Wildman–Crippen LogP) is 1.40. The molecule has 5 aliphatic rings. The number of aliphatic hydroxyl groups is 3. The third-order valence-corrected chi connectivity index (χ3v) is 7.80. The average molecular weight is 387 g/mol. The summed E-state index contributed by atoms with van der Waals surface area (Å²) < 4.78 is 0.670. The van der Waals surface area contributed by atoms with Gasteiger partial charge in [-0.15, -0.1) is 0 Å². The van der Waals surface area contributed by atoms with Gasteiger partial charge < -0.3 is 27.2 Å². The molecule has 0 radical (unpaired) electrons. The molecule has 0 spiro atoms. The van der Waals surface area contributed by atoms with Crippen molar-refractivity contribution < 1.29 is 29.4 Å². The van der Waals surface area contributed by atoms with E-state index in [0.29, 0.717) is 28.9 Å². The Labute approximate surface area is 165 Å². The Morgan fingerprint density at radius 3 is 2.61 bits per heavy atom. The van der Waals surface area contributed by atoms with E-state index in [1.807, 2.05) is 6.08 Å². The SMILES string of the molecule is C[N+]1(CC2CC2)CC[C@@]23C4=C(O)C(=O)C=CC4=C[C@@H]1[C@]2(O)CCC(=O)C3O.[CH3-]. The molecule has 2 saturated carbocycles. The average Bonchev–Trinajstić information content (AvgIpc) is 3.43. The molecule has 0 aromatic heterocycles. The van der Waals surface area contributed by atoms with Crippen molar-refractivity contribution in [2.75, 3.05) is 20.1 Å². The number of hydrogen-bond donors (Lipinski definition) is 3. The molecule has 5 atom stereocenters. The summed E-state index contributed by atoms with van der Waals surface area (Å²) in [6.45, 7) is 1.65. The number of carbonyl (C=O) groups excluding carboxylic acids is 2. The van der Waals surface area contributed by atoms with E-state index in [1.165, 1.54) is 18.9 Å². The van der Waals surface area contributed by atoms with Gasteiger partial charge in [0.25, 0.3) is 0 Å². The lowest BCUT2D eigenvalue weighted by Crippen LogP contribution is -2.79. The zero-order valence-electron chi connectivity index (χ0n) is 16.5. The summed E-state index contributed by atoms with van der Waals surface area (Å²) in [6.07, 6.45) is 6.68. The highest BCUT2D eigenvalue weighted by Crippen LogP contribution is 2.63. The number of aliphatic hydroxyl groups excluding tert-OH is 2. The molecule has 3 fully saturated rings. The van der Waals surface area contributed by atoms with E-state index in [-0.39, 0.29) is 37.7 Å². The highest BCUT2D eigenvalue weighted by Gasteiger charge is 2.73. The number of fused-ring (bicyclic) bond motifs is 1. The molecule has 2 bridgehead atoms. The molecule has 28 heavy (non-hydrogen) atoms. The van der Waals surface area contributed by atoms with Gasteiger partial charge >= 0.3 is 0 Å². The van der Waals surface area contributed by atoms with Crippen molar-refractivity contribution in [3.05, 3.63) is 42.6 Å². The van der Waals surface area contributed by atoms with Crippen molar-refractivity contribution in [1.82, 2.24) is 0 Å². The molecule has 2 unspecified atom stereocenters. The van der Waals surface area contributed by atoms with Gasteiger partial charge in [0.05, 0.1) is 25.6 Å². The quantitative estimate of drug-likeness (QED) is 0.492. The number of rotatable bonds is 2. The van der Waals surface area contributed by atoms with Crippen LogP contribution in [-0.2, 0) is 9.59 Å². The topological polar surface area (TPSA) is 94.8 Å². The Morgan fingerprint density at radius 1 is 1.21 bits per heavy atom. The van der Waals surface area contributed by atoms with Crippen molar-refractivity contribution in [3.63, 3.8) is 0 Å². The Morgan fingerprint density at radius 2 is 1.93 bits per heavy atom. The Balaban J connectivity index is 0.00000192. The summed E-state index contributed by atoms with van der Waals surface area (Å²) in [5, 5.41) is 33.7. The zero-order valence-corrected chi connectivity index (χ0v) is 16.5. The van der Waals surface area contributed by atoms with E-state index in [4.69, 9.17) is 0 Å². The second-order valence-corrected chi connectivity index (χ2v) is 9.33. The maximum atomic E-state index is 12.5. The molecule has 1 heterocycles. The lowest BCUT2D eigenvalue weighted by atomic mass is 9.47. The van der Waals surface area contributed by atoms with E-state index >= 15 is 0 Å². The molecule has 0 amide bonds. The van der Waals surface area contributed by atoms with Crippen molar-refractivity contribution in [3.8, 4) is 0 Å². The van der Waals surface area contributed by atoms with Crippen LogP contribution in [0.4, 0.5) is 0 Å². The fourth-order valence-corrected chi connectivity index (χ4v) is 6.29. The van der Waals surface area contributed by atoms with Gasteiger partial charge in [-0.05, 0) is 37.0 Å². The van der Waals surface area contributed by atoms with Crippen molar-refractivity contribution in [1.29, 1.82) is 0 Å². The van der Waals surface area contributed by atoms with Crippen LogP contribution < -0.4 is 0 Å². The number of carbonyl (C=O) groups is 2. The number of hydrogen-bond acceptors (Lipinski definition) is 5. The summed E-state index contributed by atoms with van der Waals surface area (Å²) >= 11 is 0. The maximum absolute atomic E-state index is 12.5. The maximum Gasteiger partial charge on any atom is 0.220 e. The third kappa shape index (κ3) is 2.19. The summed E-state index contributed by atoms with van der Waals surface area (Å²) in [4.78, 5) is 24.7. The molecule has 0 aromatic carbocycles. The number of Topliss-reactive ketones (excluding diaryl/α,β-unsaturated/α-hetero) is 1. The number of ketones is 2. The van der Waals surface area contributed by atoms with Gasteiger partial charge in [-0.1, -0.05) is 6.08 Å². The van der Waals surface area contributed by atoms with Gasteiger partial charge in [-0.2, -0.15) is 0 Å². The van der Waals surface area contributed by atoms with Crippen LogP contribution >= 0.6 is 0 Å². The largest absolute Gasteiger partial charge is 0.504 e. The Kier molecular flexibility index (Phi) is 4.10. The monoisotopic (exact) mass is 387 g/mol. The van der Waals surface area contributed by atoms with Crippen LogP contribution in [0.3, 0.4) is 0 Å². The molecular weight excluding hydrogens is 358 g/mol. The molecule has 4 aliphatic carbocycles. The highest BCUT2D eigenvalue weighted by molar-refractivity contribution is 6.06. The van der Waals surface area contributed by atoms with Crippen LogP contribution in [0.15, 0.2) is 35.1 Å². The molecule has 152 valence electrons. The Bertz CT molecular complexity index is 853. The van der Waals surface area contributed by atoms with E-state index < -0.39 is 28.7 Å². The molecule has 5 rings (SSSR count). The lowest BCUT2D eigenvalue weighted by molar-refractivity contribution is -0.944. The van der Waals surface area contributed by atoms with E-state index in [1.54, 1.807) is 6.08 Å². The Hall–Kier alpha value is -1.76. The molecule has 6 heteroatoms. The normalized spacial score (nSPS) is 44.5. The minimum absolute atomic E-state index is 0. The minimum atomic E-state index is -1.41. The van der Waals surface area contributed by atoms with E-state index in [2.05, 4.69) is 7.05 Å². The predicted molar refractivity (Wildman–Crippen MR) is 103 cm³/mol. The van der Waals surface area contributed by atoms with Crippen LogP contribution in [0.25, 0.3) is 0 Å². The summed E-state index contributed by atoms with van der Waals surface area (Å²) in [5.41, 5.74) is -1.74. The fourth-order valence-electron chi connectivity index (χ4n) is 6.29. The van der Waals surface area contributed by atoms with Crippen molar-refractivity contribution in [2.45, 2.75) is 49.9 Å². The summed E-state index contributed by atoms with van der Waals surface area (Å²) in [5.74, 6) is -0.634. The number of piperidine rings is 1. The van der Waals surface area contributed by atoms with Gasteiger partial charge in [0.2, 0.25) is 5.78 Å². The molecule has 6 nitrogen and oxygen atoms in total. The fraction of sp³-hybridized carbons (Fsp3) is 0.591. The number of allylic oxidation sites excluding steroid dienone is 3. The summed E-state index contributed by atoms with van der Waals surface area (Å²) in [7, 11) is 2.15. The number of likely N-dealkylation sites (tertiary alicyclic amines) is 1. The van der Waals surface area contributed by atoms with Gasteiger partial charge in [0.15, 0.2) is 11.5 Å². The number of quaternary nitrogens is 1. The molecule has 0 aromatic rings. The number of likely N-dealkylation sites (N-methyl/N-ethyl adjacent to an activating group) is 1. The van der Waals surface area contributed by atoms with Crippen molar-refractivity contribution in [2.24, 2.45) is 11.3 Å².